The predicted molar refractivity (Wildman–Crippen MR) is 146 cm³/mol. The van der Waals surface area contributed by atoms with Crippen LogP contribution in [0.25, 0.3) is 10.9 Å². The summed E-state index contributed by atoms with van der Waals surface area (Å²) in [7, 11) is 0. The molecule has 1 fully saturated rings. The first kappa shape index (κ1) is 23.7. The van der Waals surface area contributed by atoms with Gasteiger partial charge in [0.15, 0.2) is 6.10 Å². The average molecular weight is 504 g/mol. The average Bonchev–Trinajstić information content (AvgIpc) is 2.96. The van der Waals surface area contributed by atoms with Gasteiger partial charge in [0.1, 0.15) is 23.4 Å². The monoisotopic (exact) mass is 503 g/mol. The Morgan fingerprint density at radius 1 is 0.632 bits per heavy atom. The van der Waals surface area contributed by atoms with E-state index in [0.717, 1.165) is 28.3 Å². The highest BCUT2D eigenvalue weighted by atomic mass is 16.6. The highest BCUT2D eigenvalue weighted by Gasteiger charge is 2.44. The molecule has 3 unspecified atom stereocenters. The standard InChI is InChI=1S/C32H27N2O4/c35-30-20-19-26-27(33-30)17-10-18-28(26)34-22-21-29(36-23-11-4-1-5-12-23)31(37-24-13-6-2-7-14-24)32(34)38-25-15-8-3-9-16-25/h1-20,29,31-32H,21-22H2. The number of rotatable bonds is 7. The molecule has 0 bridgehead atoms. The van der Waals surface area contributed by atoms with Crippen molar-refractivity contribution in [2.45, 2.75) is 24.9 Å². The number of hydrogen-bond acceptors (Lipinski definition) is 5. The van der Waals surface area contributed by atoms with E-state index in [4.69, 9.17) is 14.2 Å². The largest absolute Gasteiger partial charge is 0.486 e. The lowest BCUT2D eigenvalue weighted by Gasteiger charge is -2.45. The van der Waals surface area contributed by atoms with Crippen molar-refractivity contribution >= 4 is 16.6 Å². The minimum absolute atomic E-state index is 0.257. The van der Waals surface area contributed by atoms with Crippen LogP contribution in [0.4, 0.5) is 5.69 Å². The number of pyridine rings is 1. The van der Waals surface area contributed by atoms with Gasteiger partial charge in [-0.1, -0.05) is 60.7 Å². The van der Waals surface area contributed by atoms with Crippen LogP contribution in [-0.4, -0.2) is 30.0 Å². The molecular formula is C32H27N2O4. The van der Waals surface area contributed by atoms with Crippen LogP contribution in [0, 0.1) is 0 Å². The molecule has 6 rings (SSSR count). The van der Waals surface area contributed by atoms with Gasteiger partial charge in [0, 0.05) is 30.1 Å². The quantitative estimate of drug-likeness (QED) is 0.242. The van der Waals surface area contributed by atoms with E-state index in [1.54, 1.807) is 0 Å². The smallest absolute Gasteiger partial charge is 0.270 e. The van der Waals surface area contributed by atoms with Gasteiger partial charge >= 0.3 is 0 Å². The molecular weight excluding hydrogens is 476 g/mol. The second-order valence-corrected chi connectivity index (χ2v) is 9.16. The second kappa shape index (κ2) is 10.7. The van der Waals surface area contributed by atoms with E-state index in [1.807, 2.05) is 115 Å². The van der Waals surface area contributed by atoms with Crippen molar-refractivity contribution in [3.8, 4) is 23.1 Å². The summed E-state index contributed by atoms with van der Waals surface area (Å²) in [4.78, 5) is 6.41. The Kier molecular flexibility index (Phi) is 6.68. The Balaban J connectivity index is 1.44. The molecule has 1 aromatic heterocycles. The van der Waals surface area contributed by atoms with E-state index in [1.165, 1.54) is 6.07 Å². The fraction of sp³-hybridized carbons (Fsp3) is 0.156. The third-order valence-electron chi connectivity index (χ3n) is 6.65. The molecule has 0 aliphatic carbocycles. The predicted octanol–water partition coefficient (Wildman–Crippen LogP) is 6.89. The topological polar surface area (TPSA) is 63.7 Å². The molecule has 0 saturated carbocycles. The maximum Gasteiger partial charge on any atom is 0.270 e. The highest BCUT2D eigenvalue weighted by molar-refractivity contribution is 5.92. The van der Waals surface area contributed by atoms with Gasteiger partial charge in [-0.3, -0.25) is 5.11 Å². The lowest BCUT2D eigenvalue weighted by molar-refractivity contribution is -0.0428. The third kappa shape index (κ3) is 5.06. The maximum atomic E-state index is 12.0. The number of ether oxygens (including phenoxy) is 3. The fourth-order valence-electron chi connectivity index (χ4n) is 4.91. The molecule has 6 nitrogen and oxygen atoms in total. The van der Waals surface area contributed by atoms with Gasteiger partial charge in [0.25, 0.3) is 5.88 Å². The first-order chi connectivity index (χ1) is 18.7. The van der Waals surface area contributed by atoms with Crippen molar-refractivity contribution < 1.29 is 19.3 Å². The molecule has 38 heavy (non-hydrogen) atoms. The molecule has 1 aliphatic rings. The van der Waals surface area contributed by atoms with Crippen LogP contribution >= 0.6 is 0 Å². The van der Waals surface area contributed by atoms with Crippen LogP contribution in [0.2, 0.25) is 0 Å². The molecule has 3 atom stereocenters. The number of benzene rings is 4. The summed E-state index contributed by atoms with van der Waals surface area (Å²) >= 11 is 0. The van der Waals surface area contributed by atoms with Gasteiger partial charge in [-0.2, -0.15) is 0 Å². The number of piperidine rings is 1. The molecule has 6 heteroatoms. The van der Waals surface area contributed by atoms with E-state index in [-0.39, 0.29) is 12.0 Å². The number of aromatic nitrogens is 1. The Morgan fingerprint density at radius 2 is 1.24 bits per heavy atom. The van der Waals surface area contributed by atoms with Gasteiger partial charge in [0.2, 0.25) is 6.23 Å². The van der Waals surface area contributed by atoms with Crippen molar-refractivity contribution in [2.24, 2.45) is 0 Å². The lowest BCUT2D eigenvalue weighted by atomic mass is 9.99. The zero-order valence-corrected chi connectivity index (χ0v) is 20.7. The Morgan fingerprint density at radius 3 is 1.89 bits per heavy atom. The molecule has 5 aromatic rings. The van der Waals surface area contributed by atoms with E-state index in [9.17, 15) is 5.11 Å². The third-order valence-corrected chi connectivity index (χ3v) is 6.65. The van der Waals surface area contributed by atoms with Gasteiger partial charge in [-0.25, -0.2) is 4.98 Å². The number of anilines is 1. The van der Waals surface area contributed by atoms with E-state index in [2.05, 4.69) is 9.88 Å². The maximum absolute atomic E-state index is 12.0. The van der Waals surface area contributed by atoms with Crippen molar-refractivity contribution in [2.75, 3.05) is 11.4 Å². The zero-order chi connectivity index (χ0) is 25.7. The summed E-state index contributed by atoms with van der Waals surface area (Å²) in [6.45, 7) is 0.655. The van der Waals surface area contributed by atoms with Crippen LogP contribution < -0.4 is 19.1 Å². The Labute approximate surface area is 221 Å². The minimum Gasteiger partial charge on any atom is -0.486 e. The summed E-state index contributed by atoms with van der Waals surface area (Å²) < 4.78 is 19.8. The van der Waals surface area contributed by atoms with Crippen LogP contribution in [0.1, 0.15) is 6.42 Å². The van der Waals surface area contributed by atoms with Crippen molar-refractivity contribution in [1.82, 2.24) is 4.98 Å². The van der Waals surface area contributed by atoms with Crippen molar-refractivity contribution in [3.05, 3.63) is 121 Å². The number of hydrogen-bond donors (Lipinski definition) is 0. The van der Waals surface area contributed by atoms with Crippen LogP contribution in [0.15, 0.2) is 121 Å². The Bertz CT molecular complexity index is 1480. The highest BCUT2D eigenvalue weighted by Crippen LogP contribution is 2.36. The van der Waals surface area contributed by atoms with Gasteiger partial charge < -0.3 is 19.1 Å². The summed E-state index contributed by atoms with van der Waals surface area (Å²) in [5.41, 5.74) is 1.58. The van der Waals surface area contributed by atoms with Crippen molar-refractivity contribution in [1.29, 1.82) is 0 Å². The summed E-state index contributed by atoms with van der Waals surface area (Å²) in [5.74, 6) is 1.98. The van der Waals surface area contributed by atoms with Crippen LogP contribution in [-0.2, 0) is 5.11 Å². The summed E-state index contributed by atoms with van der Waals surface area (Å²) in [6.07, 6.45) is -0.583. The summed E-state index contributed by atoms with van der Waals surface area (Å²) in [6, 6.07) is 38.4. The molecule has 0 N–H and O–H groups in total. The first-order valence-electron chi connectivity index (χ1n) is 12.7. The van der Waals surface area contributed by atoms with E-state index in [0.29, 0.717) is 18.5 Å². The molecule has 1 saturated heterocycles. The molecule has 0 spiro atoms. The van der Waals surface area contributed by atoms with Gasteiger partial charge in [0.05, 0.1) is 5.52 Å². The molecule has 189 valence electrons. The van der Waals surface area contributed by atoms with Crippen LogP contribution in [0.3, 0.4) is 0 Å². The van der Waals surface area contributed by atoms with E-state index >= 15 is 0 Å². The number of fused-ring (bicyclic) bond motifs is 1. The molecule has 1 aliphatic heterocycles. The molecule has 0 amide bonds. The number of para-hydroxylation sites is 3. The lowest BCUT2D eigenvalue weighted by Crippen LogP contribution is -2.61. The molecule has 2 heterocycles. The van der Waals surface area contributed by atoms with Crippen LogP contribution in [0.5, 0.6) is 23.1 Å². The number of nitrogens with zero attached hydrogens (tertiary/aromatic N) is 2. The SMILES string of the molecule is [O]c1ccc2c(N3CCC(Oc4ccccc4)C(Oc4ccccc4)C3Oc3ccccc3)cccc2n1. The Hall–Kier alpha value is -4.71. The van der Waals surface area contributed by atoms with Gasteiger partial charge in [-0.05, 0) is 54.6 Å². The molecule has 4 aromatic carbocycles. The van der Waals surface area contributed by atoms with E-state index < -0.39 is 12.3 Å². The first-order valence-corrected chi connectivity index (χ1v) is 12.7. The van der Waals surface area contributed by atoms with Gasteiger partial charge in [-0.15, -0.1) is 0 Å². The minimum atomic E-state index is -0.530. The summed E-state index contributed by atoms with van der Waals surface area (Å²) in [5, 5.41) is 12.8. The normalized spacial score (nSPS) is 19.2. The fourth-order valence-corrected chi connectivity index (χ4v) is 4.91. The van der Waals surface area contributed by atoms with Crippen molar-refractivity contribution in [3.63, 3.8) is 0 Å². The zero-order valence-electron chi connectivity index (χ0n) is 20.7. The second-order valence-electron chi connectivity index (χ2n) is 9.16. The molecule has 1 radical (unpaired) electrons.